The molecule has 0 amide bonds. The van der Waals surface area contributed by atoms with Crippen LogP contribution in [0.5, 0.6) is 0 Å². The van der Waals surface area contributed by atoms with Crippen LogP contribution in [0.1, 0.15) is 90.5 Å². The molecule has 25 heavy (non-hydrogen) atoms. The van der Waals surface area contributed by atoms with Gasteiger partial charge in [-0.15, -0.1) is 0 Å². The Morgan fingerprint density at radius 2 is 1.24 bits per heavy atom. The van der Waals surface area contributed by atoms with Crippen LogP contribution in [-0.4, -0.2) is 18.4 Å². The molecule has 0 aliphatic heterocycles. The second kappa shape index (κ2) is 11.5. The minimum atomic E-state index is -2.35. The van der Waals surface area contributed by atoms with Gasteiger partial charge in [0.25, 0.3) is 0 Å². The summed E-state index contributed by atoms with van der Waals surface area (Å²) in [5.41, 5.74) is 3.52. The standard InChI is InChI=1S/C12H13.3C4H9.Sn/c1-2-6-11(7-3-1)10-12-8-4-5-9-12;3*1-3-4-2;/h1-3,6-7H,4-5,8-9H2;3*1,3-4H2,2H3;. The van der Waals surface area contributed by atoms with Crippen LogP contribution in [0.25, 0.3) is 3.59 Å². The molecule has 0 nitrogen and oxygen atoms in total. The van der Waals surface area contributed by atoms with E-state index in [1.807, 2.05) is 9.16 Å². The summed E-state index contributed by atoms with van der Waals surface area (Å²) in [5.74, 6) is 0. The molecular formula is C24H40Sn. The molecule has 1 heteroatoms. The van der Waals surface area contributed by atoms with Gasteiger partial charge in [-0.3, -0.25) is 0 Å². The summed E-state index contributed by atoms with van der Waals surface area (Å²) < 4.78 is 6.78. The Hall–Kier alpha value is -0.241. The number of unbranched alkanes of at least 4 members (excludes halogenated alkanes) is 3. The van der Waals surface area contributed by atoms with Gasteiger partial charge < -0.3 is 0 Å². The first kappa shape index (κ1) is 21.1. The Morgan fingerprint density at radius 1 is 0.760 bits per heavy atom. The van der Waals surface area contributed by atoms with Crippen molar-refractivity contribution in [1.82, 2.24) is 0 Å². The van der Waals surface area contributed by atoms with Gasteiger partial charge in [-0.05, 0) is 0 Å². The van der Waals surface area contributed by atoms with Crippen LogP contribution in [0.15, 0.2) is 35.9 Å². The Bertz CT molecular complexity index is 484. The maximum absolute atomic E-state index is 2.44. The molecule has 2 rings (SSSR count). The first-order chi connectivity index (χ1) is 12.3. The molecule has 0 spiro atoms. The summed E-state index contributed by atoms with van der Waals surface area (Å²) >= 11 is -2.35. The van der Waals surface area contributed by atoms with Crippen LogP contribution < -0.4 is 0 Å². The van der Waals surface area contributed by atoms with Crippen LogP contribution in [0.3, 0.4) is 0 Å². The molecular weight excluding hydrogens is 407 g/mol. The topological polar surface area (TPSA) is 0 Å². The second-order valence-corrected chi connectivity index (χ2v) is 21.2. The van der Waals surface area contributed by atoms with Crippen molar-refractivity contribution in [3.63, 3.8) is 0 Å². The summed E-state index contributed by atoms with van der Waals surface area (Å²) in [7, 11) is 0. The van der Waals surface area contributed by atoms with Crippen LogP contribution >= 0.6 is 0 Å². The summed E-state index contributed by atoms with van der Waals surface area (Å²) in [6.45, 7) is 7.17. The normalized spacial score (nSPS) is 14.9. The van der Waals surface area contributed by atoms with Crippen LogP contribution in [0, 0.1) is 0 Å². The van der Waals surface area contributed by atoms with E-state index < -0.39 is 18.4 Å². The maximum atomic E-state index is 2.44. The number of hydrogen-bond acceptors (Lipinski definition) is 0. The van der Waals surface area contributed by atoms with E-state index in [1.165, 1.54) is 64.2 Å². The van der Waals surface area contributed by atoms with E-state index in [0.29, 0.717) is 0 Å². The zero-order valence-electron chi connectivity index (χ0n) is 17.1. The van der Waals surface area contributed by atoms with E-state index in [4.69, 9.17) is 0 Å². The molecule has 0 heterocycles. The van der Waals surface area contributed by atoms with Crippen molar-refractivity contribution < 1.29 is 0 Å². The summed E-state index contributed by atoms with van der Waals surface area (Å²) in [6, 6.07) is 11.6. The van der Waals surface area contributed by atoms with E-state index in [-0.39, 0.29) is 0 Å². The van der Waals surface area contributed by atoms with Crippen molar-refractivity contribution in [2.24, 2.45) is 0 Å². The number of hydrogen-bond donors (Lipinski definition) is 0. The molecule has 0 radical (unpaired) electrons. The molecule has 0 saturated heterocycles. The SMILES string of the molecule is CCC[CH2][Sn]([CH2]CCC)([CH2]CCC)[C](=C1CCCC1)c1ccccc1. The Morgan fingerprint density at radius 3 is 1.68 bits per heavy atom. The van der Waals surface area contributed by atoms with E-state index in [2.05, 4.69) is 51.1 Å². The molecule has 1 aromatic carbocycles. The summed E-state index contributed by atoms with van der Waals surface area (Å²) in [4.78, 5) is 0. The molecule has 0 unspecified atom stereocenters. The van der Waals surface area contributed by atoms with Crippen LogP contribution in [-0.2, 0) is 0 Å². The number of allylic oxidation sites excluding steroid dienone is 1. The molecule has 0 bridgehead atoms. The quantitative estimate of drug-likeness (QED) is 0.299. The first-order valence-electron chi connectivity index (χ1n) is 11.0. The molecule has 0 atom stereocenters. The minimum absolute atomic E-state index is 1.37. The zero-order chi connectivity index (χ0) is 18.0. The van der Waals surface area contributed by atoms with Crippen molar-refractivity contribution in [2.75, 3.05) is 0 Å². The Balaban J connectivity index is 2.51. The van der Waals surface area contributed by atoms with Crippen LogP contribution in [0.4, 0.5) is 0 Å². The second-order valence-electron chi connectivity index (χ2n) is 8.14. The number of rotatable bonds is 11. The Kier molecular flexibility index (Phi) is 9.66. The summed E-state index contributed by atoms with van der Waals surface area (Å²) in [5, 5.41) is 0. The van der Waals surface area contributed by atoms with Gasteiger partial charge in [0, 0.05) is 0 Å². The average molecular weight is 447 g/mol. The molecule has 1 aliphatic rings. The third kappa shape index (κ3) is 5.87. The van der Waals surface area contributed by atoms with Crippen molar-refractivity contribution in [3.8, 4) is 0 Å². The summed E-state index contributed by atoms with van der Waals surface area (Å²) in [6.07, 6.45) is 14.2. The van der Waals surface area contributed by atoms with Gasteiger partial charge in [0.2, 0.25) is 0 Å². The van der Waals surface area contributed by atoms with Gasteiger partial charge in [0.1, 0.15) is 0 Å². The van der Waals surface area contributed by atoms with Gasteiger partial charge in [-0.2, -0.15) is 0 Å². The molecule has 0 aromatic heterocycles. The van der Waals surface area contributed by atoms with Crippen molar-refractivity contribution in [1.29, 1.82) is 0 Å². The molecule has 1 aromatic rings. The van der Waals surface area contributed by atoms with Crippen molar-refractivity contribution in [2.45, 2.75) is 98.3 Å². The molecule has 0 N–H and O–H groups in total. The fourth-order valence-electron chi connectivity index (χ4n) is 4.84. The third-order valence-corrected chi connectivity index (χ3v) is 22.3. The fraction of sp³-hybridized carbons (Fsp3) is 0.667. The van der Waals surface area contributed by atoms with Gasteiger partial charge in [0.05, 0.1) is 0 Å². The Labute approximate surface area is 161 Å². The van der Waals surface area contributed by atoms with Gasteiger partial charge in [-0.25, -0.2) is 0 Å². The van der Waals surface area contributed by atoms with E-state index in [9.17, 15) is 0 Å². The fourth-order valence-corrected chi connectivity index (χ4v) is 23.0. The van der Waals surface area contributed by atoms with Crippen molar-refractivity contribution in [3.05, 3.63) is 41.5 Å². The molecule has 1 fully saturated rings. The van der Waals surface area contributed by atoms with Crippen LogP contribution in [0.2, 0.25) is 13.3 Å². The van der Waals surface area contributed by atoms with Gasteiger partial charge in [-0.1, -0.05) is 0 Å². The molecule has 140 valence electrons. The van der Waals surface area contributed by atoms with E-state index in [1.54, 1.807) is 18.9 Å². The third-order valence-electron chi connectivity index (χ3n) is 6.18. The van der Waals surface area contributed by atoms with E-state index >= 15 is 0 Å². The number of benzene rings is 1. The van der Waals surface area contributed by atoms with Crippen molar-refractivity contribution >= 4 is 22.0 Å². The monoisotopic (exact) mass is 448 g/mol. The average Bonchev–Trinajstić information content (AvgIpc) is 3.17. The molecule has 1 saturated carbocycles. The first-order valence-corrected chi connectivity index (χ1v) is 18.5. The zero-order valence-corrected chi connectivity index (χ0v) is 19.9. The molecule has 1 aliphatic carbocycles. The van der Waals surface area contributed by atoms with Gasteiger partial charge in [0.15, 0.2) is 0 Å². The predicted molar refractivity (Wildman–Crippen MR) is 117 cm³/mol. The van der Waals surface area contributed by atoms with Gasteiger partial charge >= 0.3 is 162 Å². The predicted octanol–water partition coefficient (Wildman–Crippen LogP) is 8.40. The van der Waals surface area contributed by atoms with E-state index in [0.717, 1.165) is 0 Å².